The molecular weight excluding hydrogens is 368 g/mol. The first-order valence-electron chi connectivity index (χ1n) is 5.72. The number of carbonyl (C=O) groups is 1. The van der Waals surface area contributed by atoms with Gasteiger partial charge in [0.2, 0.25) is 0 Å². The molecule has 1 N–H and O–H groups in total. The fourth-order valence-electron chi connectivity index (χ4n) is 1.66. The largest absolute Gasteiger partial charge is 0.496 e. The molecule has 0 radical (unpaired) electrons. The normalized spacial score (nSPS) is 10.3. The van der Waals surface area contributed by atoms with Crippen molar-refractivity contribution in [3.05, 3.63) is 57.0 Å². The van der Waals surface area contributed by atoms with Gasteiger partial charge in [-0.2, -0.15) is 0 Å². The van der Waals surface area contributed by atoms with Crippen LogP contribution < -0.4 is 10.1 Å². The molecule has 0 unspecified atom stereocenters. The Labute approximate surface area is 133 Å². The predicted octanol–water partition coefficient (Wildman–Crippen LogP) is 4.64. The van der Waals surface area contributed by atoms with Crippen LogP contribution in [0.3, 0.4) is 0 Å². The summed E-state index contributed by atoms with van der Waals surface area (Å²) in [7, 11) is 1.38. The van der Waals surface area contributed by atoms with E-state index in [-0.39, 0.29) is 21.5 Å². The average Bonchev–Trinajstić information content (AvgIpc) is 2.44. The van der Waals surface area contributed by atoms with Gasteiger partial charge in [0, 0.05) is 11.1 Å². The Bertz CT molecular complexity index is 710. The van der Waals surface area contributed by atoms with Gasteiger partial charge >= 0.3 is 0 Å². The summed E-state index contributed by atoms with van der Waals surface area (Å²) in [6.45, 7) is 0. The van der Waals surface area contributed by atoms with Crippen LogP contribution in [-0.4, -0.2) is 13.0 Å². The van der Waals surface area contributed by atoms with Crippen LogP contribution in [0.1, 0.15) is 10.4 Å². The lowest BCUT2D eigenvalue weighted by atomic mass is 10.1. The zero-order chi connectivity index (χ0) is 15.6. The van der Waals surface area contributed by atoms with Crippen molar-refractivity contribution in [2.24, 2.45) is 0 Å². The highest BCUT2D eigenvalue weighted by Crippen LogP contribution is 2.26. The first-order chi connectivity index (χ1) is 9.92. The Kier molecular flexibility index (Phi) is 4.80. The lowest BCUT2D eigenvalue weighted by molar-refractivity contribution is 0.102. The summed E-state index contributed by atoms with van der Waals surface area (Å²) in [6, 6.07) is 6.21. The van der Waals surface area contributed by atoms with Gasteiger partial charge in [0.15, 0.2) is 0 Å². The quantitative estimate of drug-likeness (QED) is 0.793. The third-order valence-electron chi connectivity index (χ3n) is 2.67. The molecule has 0 spiro atoms. The van der Waals surface area contributed by atoms with E-state index in [9.17, 15) is 13.6 Å². The summed E-state index contributed by atoms with van der Waals surface area (Å²) >= 11 is 8.66. The van der Waals surface area contributed by atoms with E-state index in [0.29, 0.717) is 5.02 Å². The van der Waals surface area contributed by atoms with E-state index < -0.39 is 17.5 Å². The van der Waals surface area contributed by atoms with Crippen molar-refractivity contribution in [2.45, 2.75) is 0 Å². The molecule has 0 aliphatic rings. The molecular formula is C14H9BrClF2NO2. The van der Waals surface area contributed by atoms with Gasteiger partial charge in [0.1, 0.15) is 17.4 Å². The molecule has 3 nitrogen and oxygen atoms in total. The molecule has 1 amide bonds. The average molecular weight is 377 g/mol. The second kappa shape index (κ2) is 6.41. The Morgan fingerprint density at radius 2 is 1.95 bits per heavy atom. The van der Waals surface area contributed by atoms with Crippen LogP contribution in [0.2, 0.25) is 5.02 Å². The highest BCUT2D eigenvalue weighted by molar-refractivity contribution is 9.10. The lowest BCUT2D eigenvalue weighted by Crippen LogP contribution is -2.14. The molecule has 0 fully saturated rings. The summed E-state index contributed by atoms with van der Waals surface area (Å²) in [5, 5.41) is 2.68. The highest BCUT2D eigenvalue weighted by Gasteiger charge is 2.16. The molecule has 0 aromatic heterocycles. The predicted molar refractivity (Wildman–Crippen MR) is 80.0 cm³/mol. The molecule has 0 aliphatic carbocycles. The maximum Gasteiger partial charge on any atom is 0.259 e. The van der Waals surface area contributed by atoms with Crippen molar-refractivity contribution >= 4 is 39.1 Å². The van der Waals surface area contributed by atoms with E-state index in [2.05, 4.69) is 21.2 Å². The van der Waals surface area contributed by atoms with Crippen LogP contribution >= 0.6 is 27.5 Å². The molecule has 2 aromatic rings. The summed E-state index contributed by atoms with van der Waals surface area (Å²) in [5.41, 5.74) is -0.109. The number of amides is 1. The second-order valence-electron chi connectivity index (χ2n) is 4.04. The van der Waals surface area contributed by atoms with Crippen LogP contribution in [-0.2, 0) is 0 Å². The minimum Gasteiger partial charge on any atom is -0.496 e. The van der Waals surface area contributed by atoms with E-state index in [1.54, 1.807) is 0 Å². The topological polar surface area (TPSA) is 38.3 Å². The third kappa shape index (κ3) is 3.51. The van der Waals surface area contributed by atoms with Gasteiger partial charge in [-0.05, 0) is 40.2 Å². The number of halogens is 4. The lowest BCUT2D eigenvalue weighted by Gasteiger charge is -2.10. The molecule has 0 saturated heterocycles. The number of nitrogens with one attached hydrogen (secondary N) is 1. The van der Waals surface area contributed by atoms with Crippen LogP contribution in [0.15, 0.2) is 34.8 Å². The SMILES string of the molecule is COc1cc(Cl)ccc1C(=O)Nc1cc(F)c(Br)cc1F. The highest BCUT2D eigenvalue weighted by atomic mass is 79.9. The maximum atomic E-state index is 13.7. The number of carbonyl (C=O) groups excluding carboxylic acids is 1. The van der Waals surface area contributed by atoms with Gasteiger partial charge in [-0.25, -0.2) is 8.78 Å². The second-order valence-corrected chi connectivity index (χ2v) is 5.34. The molecule has 110 valence electrons. The van der Waals surface area contributed by atoms with E-state index in [1.807, 2.05) is 0 Å². The molecule has 7 heteroatoms. The molecule has 0 atom stereocenters. The fraction of sp³-hybridized carbons (Fsp3) is 0.0714. The van der Waals surface area contributed by atoms with E-state index in [0.717, 1.165) is 12.1 Å². The van der Waals surface area contributed by atoms with Crippen LogP contribution in [0.5, 0.6) is 5.75 Å². The zero-order valence-electron chi connectivity index (χ0n) is 10.7. The molecule has 2 aromatic carbocycles. The fourth-order valence-corrected chi connectivity index (χ4v) is 2.14. The number of benzene rings is 2. The summed E-state index contributed by atoms with van der Waals surface area (Å²) in [4.78, 5) is 12.1. The Morgan fingerprint density at radius 3 is 2.62 bits per heavy atom. The molecule has 21 heavy (non-hydrogen) atoms. The number of methoxy groups -OCH3 is 1. The van der Waals surface area contributed by atoms with Gasteiger partial charge in [-0.3, -0.25) is 4.79 Å². The zero-order valence-corrected chi connectivity index (χ0v) is 13.1. The van der Waals surface area contributed by atoms with Crippen molar-refractivity contribution in [3.8, 4) is 5.75 Å². The van der Waals surface area contributed by atoms with Crippen LogP contribution in [0, 0.1) is 11.6 Å². The van der Waals surface area contributed by atoms with Crippen LogP contribution in [0.4, 0.5) is 14.5 Å². The van der Waals surface area contributed by atoms with Gasteiger partial charge in [-0.1, -0.05) is 11.6 Å². The first-order valence-corrected chi connectivity index (χ1v) is 6.89. The van der Waals surface area contributed by atoms with Crippen molar-refractivity contribution in [2.75, 3.05) is 12.4 Å². The molecule has 2 rings (SSSR count). The number of anilines is 1. The van der Waals surface area contributed by atoms with Crippen LogP contribution in [0.25, 0.3) is 0 Å². The summed E-state index contributed by atoms with van der Waals surface area (Å²) in [6.07, 6.45) is 0. The van der Waals surface area contributed by atoms with Crippen molar-refractivity contribution < 1.29 is 18.3 Å². The third-order valence-corrected chi connectivity index (χ3v) is 3.51. The number of hydrogen-bond donors (Lipinski definition) is 1. The van der Waals surface area contributed by atoms with Crippen molar-refractivity contribution in [1.82, 2.24) is 0 Å². The van der Waals surface area contributed by atoms with Crippen molar-refractivity contribution in [3.63, 3.8) is 0 Å². The molecule has 0 heterocycles. The monoisotopic (exact) mass is 375 g/mol. The maximum absolute atomic E-state index is 13.7. The molecule has 0 bridgehead atoms. The van der Waals surface area contributed by atoms with E-state index >= 15 is 0 Å². The number of ether oxygens (including phenoxy) is 1. The number of rotatable bonds is 3. The minimum atomic E-state index is -0.760. The molecule has 0 saturated carbocycles. The smallest absolute Gasteiger partial charge is 0.259 e. The van der Waals surface area contributed by atoms with Gasteiger partial charge in [-0.15, -0.1) is 0 Å². The number of hydrogen-bond acceptors (Lipinski definition) is 2. The minimum absolute atomic E-state index is 0.0259. The van der Waals surface area contributed by atoms with Gasteiger partial charge in [0.05, 0.1) is 22.8 Å². The molecule has 0 aliphatic heterocycles. The Morgan fingerprint density at radius 1 is 1.24 bits per heavy atom. The van der Waals surface area contributed by atoms with Gasteiger partial charge < -0.3 is 10.1 Å². The van der Waals surface area contributed by atoms with Gasteiger partial charge in [0.25, 0.3) is 5.91 Å². The standard InChI is InChI=1S/C14H9BrClF2NO2/c1-21-13-4-7(16)2-3-8(13)14(20)19-12-6-10(17)9(15)5-11(12)18/h2-6H,1H3,(H,19,20). The van der Waals surface area contributed by atoms with Crippen molar-refractivity contribution in [1.29, 1.82) is 0 Å². The first kappa shape index (κ1) is 15.7. The van der Waals surface area contributed by atoms with E-state index in [4.69, 9.17) is 16.3 Å². The Hall–Kier alpha value is -1.66. The summed E-state index contributed by atoms with van der Waals surface area (Å²) < 4.78 is 32.1. The Balaban J connectivity index is 2.32. The van der Waals surface area contributed by atoms with E-state index in [1.165, 1.54) is 25.3 Å². The summed E-state index contributed by atoms with van der Waals surface area (Å²) in [5.74, 6) is -1.85.